The van der Waals surface area contributed by atoms with Crippen molar-refractivity contribution in [3.05, 3.63) is 29.3 Å². The Labute approximate surface area is 107 Å². The summed E-state index contributed by atoms with van der Waals surface area (Å²) in [7, 11) is 2.09. The molecule has 0 radical (unpaired) electrons. The Morgan fingerprint density at radius 3 is 2.56 bits per heavy atom. The zero-order valence-corrected chi connectivity index (χ0v) is 10.8. The van der Waals surface area contributed by atoms with Gasteiger partial charge < -0.3 is 15.4 Å². The lowest BCUT2D eigenvalue weighted by molar-refractivity contribution is 0.0697. The van der Waals surface area contributed by atoms with Crippen molar-refractivity contribution in [2.75, 3.05) is 38.7 Å². The lowest BCUT2D eigenvalue weighted by Crippen LogP contribution is -2.47. The molecule has 1 aromatic carbocycles. The summed E-state index contributed by atoms with van der Waals surface area (Å²) in [4.78, 5) is 13.4. The Hall–Kier alpha value is -1.59. The molecule has 1 aliphatic heterocycles. The molecule has 0 amide bonds. The normalized spacial score (nSPS) is 17.7. The molecule has 0 saturated carbocycles. The number of carbonyl (C=O) groups is 1. The van der Waals surface area contributed by atoms with Gasteiger partial charge in [-0.3, -0.25) is 0 Å². The van der Waals surface area contributed by atoms with Crippen LogP contribution in [0.2, 0.25) is 0 Å². The van der Waals surface area contributed by atoms with Crippen molar-refractivity contribution in [3.63, 3.8) is 0 Å². The molecule has 0 aliphatic carbocycles. The highest BCUT2D eigenvalue weighted by atomic mass is 16.4. The summed E-state index contributed by atoms with van der Waals surface area (Å²) in [6.07, 6.45) is 0. The fraction of sp³-hybridized carbons (Fsp3) is 0.462. The smallest absolute Gasteiger partial charge is 0.337 e. The molecule has 5 nitrogen and oxygen atoms in total. The summed E-state index contributed by atoms with van der Waals surface area (Å²) >= 11 is 0. The molecule has 0 atom stereocenters. The maximum atomic E-state index is 11.2. The molecule has 1 aromatic rings. The first-order valence-corrected chi connectivity index (χ1v) is 6.10. The summed E-state index contributed by atoms with van der Waals surface area (Å²) in [6, 6.07) is 5.34. The van der Waals surface area contributed by atoms with Gasteiger partial charge in [-0.1, -0.05) is 6.07 Å². The standard InChI is InChI=1S/C13H19N3O2/c1-10-3-4-11(13(17)18)12(9-10)14-16-7-5-15(2)6-8-16/h3-4,9,14H,5-8H2,1-2H3,(H,17,18). The number of hydrogen-bond donors (Lipinski definition) is 2. The van der Waals surface area contributed by atoms with Crippen molar-refractivity contribution >= 4 is 11.7 Å². The Bertz CT molecular complexity index is 440. The number of hydrogen-bond acceptors (Lipinski definition) is 4. The quantitative estimate of drug-likeness (QED) is 0.845. The van der Waals surface area contributed by atoms with Crippen LogP contribution in [-0.4, -0.2) is 54.2 Å². The van der Waals surface area contributed by atoms with E-state index in [4.69, 9.17) is 5.11 Å². The van der Waals surface area contributed by atoms with E-state index in [0.29, 0.717) is 11.3 Å². The number of likely N-dealkylation sites (N-methyl/N-ethyl adjacent to an activating group) is 1. The molecule has 0 bridgehead atoms. The maximum Gasteiger partial charge on any atom is 0.337 e. The number of rotatable bonds is 3. The SMILES string of the molecule is Cc1ccc(C(=O)O)c(NN2CCN(C)CC2)c1. The Kier molecular flexibility index (Phi) is 3.84. The van der Waals surface area contributed by atoms with E-state index in [1.807, 2.05) is 19.1 Å². The molecule has 98 valence electrons. The molecule has 18 heavy (non-hydrogen) atoms. The average molecular weight is 249 g/mol. The molecule has 0 unspecified atom stereocenters. The highest BCUT2D eigenvalue weighted by Crippen LogP contribution is 2.18. The van der Waals surface area contributed by atoms with E-state index >= 15 is 0 Å². The van der Waals surface area contributed by atoms with Gasteiger partial charge in [-0.2, -0.15) is 0 Å². The van der Waals surface area contributed by atoms with Gasteiger partial charge in [0.15, 0.2) is 0 Å². The number of benzene rings is 1. The van der Waals surface area contributed by atoms with Crippen molar-refractivity contribution in [1.29, 1.82) is 0 Å². The van der Waals surface area contributed by atoms with Crippen LogP contribution in [0.3, 0.4) is 0 Å². The second-order valence-corrected chi connectivity index (χ2v) is 4.76. The first-order valence-electron chi connectivity index (χ1n) is 6.10. The lowest BCUT2D eigenvalue weighted by atomic mass is 10.1. The molecule has 2 rings (SSSR count). The van der Waals surface area contributed by atoms with E-state index in [9.17, 15) is 4.79 Å². The van der Waals surface area contributed by atoms with Crippen LogP contribution in [0, 0.1) is 6.92 Å². The van der Waals surface area contributed by atoms with Crippen LogP contribution < -0.4 is 5.43 Å². The predicted octanol–water partition coefficient (Wildman–Crippen LogP) is 1.27. The molecular weight excluding hydrogens is 230 g/mol. The van der Waals surface area contributed by atoms with E-state index in [1.54, 1.807) is 6.07 Å². The van der Waals surface area contributed by atoms with Crippen LogP contribution in [0.15, 0.2) is 18.2 Å². The van der Waals surface area contributed by atoms with Crippen LogP contribution in [0.1, 0.15) is 15.9 Å². The van der Waals surface area contributed by atoms with Gasteiger partial charge in [-0.05, 0) is 31.7 Å². The average Bonchev–Trinajstić information content (AvgIpc) is 2.32. The summed E-state index contributed by atoms with van der Waals surface area (Å²) in [5, 5.41) is 11.2. The van der Waals surface area contributed by atoms with Gasteiger partial charge in [0, 0.05) is 26.2 Å². The van der Waals surface area contributed by atoms with Crippen molar-refractivity contribution in [2.45, 2.75) is 6.92 Å². The molecule has 0 spiro atoms. The van der Waals surface area contributed by atoms with E-state index in [-0.39, 0.29) is 0 Å². The van der Waals surface area contributed by atoms with E-state index < -0.39 is 5.97 Å². The second kappa shape index (κ2) is 5.37. The Morgan fingerprint density at radius 1 is 1.28 bits per heavy atom. The summed E-state index contributed by atoms with van der Waals surface area (Å²) in [5.74, 6) is -0.897. The topological polar surface area (TPSA) is 55.8 Å². The van der Waals surface area contributed by atoms with Crippen LogP contribution in [0.5, 0.6) is 0 Å². The van der Waals surface area contributed by atoms with Crippen LogP contribution in [0.4, 0.5) is 5.69 Å². The minimum Gasteiger partial charge on any atom is -0.478 e. The number of anilines is 1. The summed E-state index contributed by atoms with van der Waals surface area (Å²) in [5.41, 5.74) is 5.26. The van der Waals surface area contributed by atoms with Crippen LogP contribution in [0.25, 0.3) is 0 Å². The number of nitrogens with one attached hydrogen (secondary N) is 1. The van der Waals surface area contributed by atoms with Crippen molar-refractivity contribution < 1.29 is 9.90 Å². The molecular formula is C13H19N3O2. The van der Waals surface area contributed by atoms with E-state index in [2.05, 4.69) is 22.4 Å². The van der Waals surface area contributed by atoms with Gasteiger partial charge in [0.05, 0.1) is 11.3 Å². The highest BCUT2D eigenvalue weighted by Gasteiger charge is 2.16. The third-order valence-corrected chi connectivity index (χ3v) is 3.19. The molecule has 1 fully saturated rings. The molecule has 0 aromatic heterocycles. The van der Waals surface area contributed by atoms with Crippen molar-refractivity contribution in [2.24, 2.45) is 0 Å². The maximum absolute atomic E-state index is 11.2. The fourth-order valence-corrected chi connectivity index (χ4v) is 2.03. The second-order valence-electron chi connectivity index (χ2n) is 4.76. The minimum atomic E-state index is -0.897. The number of hydrazine groups is 1. The first kappa shape index (κ1) is 12.9. The molecule has 1 saturated heterocycles. The van der Waals surface area contributed by atoms with Crippen LogP contribution in [-0.2, 0) is 0 Å². The van der Waals surface area contributed by atoms with Crippen LogP contribution >= 0.6 is 0 Å². The Balaban J connectivity index is 2.12. The monoisotopic (exact) mass is 249 g/mol. The summed E-state index contributed by atoms with van der Waals surface area (Å²) < 4.78 is 0. The van der Waals surface area contributed by atoms with Crippen molar-refractivity contribution in [3.8, 4) is 0 Å². The largest absolute Gasteiger partial charge is 0.478 e. The number of carboxylic acid groups (broad SMARTS) is 1. The number of piperazine rings is 1. The third kappa shape index (κ3) is 3.00. The van der Waals surface area contributed by atoms with Gasteiger partial charge in [-0.15, -0.1) is 0 Å². The number of nitrogens with zero attached hydrogens (tertiary/aromatic N) is 2. The Morgan fingerprint density at radius 2 is 1.94 bits per heavy atom. The van der Waals surface area contributed by atoms with Gasteiger partial charge in [0.2, 0.25) is 0 Å². The molecule has 2 N–H and O–H groups in total. The van der Waals surface area contributed by atoms with Gasteiger partial charge in [0.1, 0.15) is 0 Å². The number of carboxylic acids is 1. The van der Waals surface area contributed by atoms with Crippen molar-refractivity contribution in [1.82, 2.24) is 9.91 Å². The predicted molar refractivity (Wildman–Crippen MR) is 70.8 cm³/mol. The zero-order chi connectivity index (χ0) is 13.1. The molecule has 5 heteroatoms. The minimum absolute atomic E-state index is 0.319. The number of aromatic carboxylic acids is 1. The van der Waals surface area contributed by atoms with Gasteiger partial charge in [0.25, 0.3) is 0 Å². The zero-order valence-electron chi connectivity index (χ0n) is 10.8. The van der Waals surface area contributed by atoms with Gasteiger partial charge >= 0.3 is 5.97 Å². The molecule has 1 heterocycles. The first-order chi connectivity index (χ1) is 8.56. The van der Waals surface area contributed by atoms with E-state index in [1.165, 1.54) is 0 Å². The fourth-order valence-electron chi connectivity index (χ4n) is 2.03. The lowest BCUT2D eigenvalue weighted by Gasteiger charge is -2.33. The summed E-state index contributed by atoms with van der Waals surface area (Å²) in [6.45, 7) is 5.72. The molecule has 1 aliphatic rings. The number of aryl methyl sites for hydroxylation is 1. The third-order valence-electron chi connectivity index (χ3n) is 3.19. The van der Waals surface area contributed by atoms with E-state index in [0.717, 1.165) is 31.7 Å². The highest BCUT2D eigenvalue weighted by molar-refractivity contribution is 5.94. The van der Waals surface area contributed by atoms with Gasteiger partial charge in [-0.25, -0.2) is 9.80 Å².